The van der Waals surface area contributed by atoms with Gasteiger partial charge in [0, 0.05) is 6.07 Å². The van der Waals surface area contributed by atoms with Crippen LogP contribution in [0.15, 0.2) is 11.9 Å². The van der Waals surface area contributed by atoms with E-state index in [2.05, 4.69) is 9.96 Å². The van der Waals surface area contributed by atoms with Gasteiger partial charge in [0.1, 0.15) is 0 Å². The lowest BCUT2D eigenvalue weighted by Gasteiger charge is -1.90. The second-order valence-corrected chi connectivity index (χ2v) is 1.87. The van der Waals surface area contributed by atoms with E-state index in [1.165, 1.54) is 0 Å². The Bertz CT molecular complexity index is 155. The van der Waals surface area contributed by atoms with Crippen LogP contribution in [-0.2, 0) is 0 Å². The zero-order valence-corrected chi connectivity index (χ0v) is 5.30. The topological polar surface area (TPSA) is 35.0 Å². The first-order valence-electron chi connectivity index (χ1n) is 2.12. The summed E-state index contributed by atoms with van der Waals surface area (Å²) in [7, 11) is 2.45. The Labute approximate surface area is 48.9 Å². The van der Waals surface area contributed by atoms with Gasteiger partial charge in [-0.15, -0.1) is 9.96 Å². The third-order valence-corrected chi connectivity index (χ3v) is 1.16. The predicted molar refractivity (Wildman–Crippen MR) is 31.1 cm³/mol. The lowest BCUT2D eigenvalue weighted by molar-refractivity contribution is 0.394. The van der Waals surface area contributed by atoms with Crippen LogP contribution in [0, 0.1) is 0 Å². The van der Waals surface area contributed by atoms with E-state index in [1.807, 2.05) is 5.80 Å². The van der Waals surface area contributed by atoms with Crippen LogP contribution in [-0.4, -0.2) is 17.1 Å². The van der Waals surface area contributed by atoms with Crippen LogP contribution in [0.2, 0.25) is 0 Å². The summed E-state index contributed by atoms with van der Waals surface area (Å²) in [5.74, 6) is 2.44. The molecule has 0 aromatic carbocycles. The molecule has 0 unspecified atom stereocenters. The molecule has 1 heterocycles. The van der Waals surface area contributed by atoms with Crippen molar-refractivity contribution in [1.29, 1.82) is 0 Å². The highest BCUT2D eigenvalue weighted by atomic mass is 31.0. The Kier molecular flexibility index (Phi) is 1.75. The van der Waals surface area contributed by atoms with Crippen molar-refractivity contribution in [3.63, 3.8) is 0 Å². The van der Waals surface area contributed by atoms with Gasteiger partial charge in [-0.2, -0.15) is 0 Å². The fourth-order valence-electron chi connectivity index (χ4n) is 0.339. The van der Waals surface area contributed by atoms with Gasteiger partial charge < -0.3 is 4.74 Å². The molecule has 0 aliphatic carbocycles. The van der Waals surface area contributed by atoms with Crippen molar-refractivity contribution in [2.24, 2.45) is 0 Å². The highest BCUT2D eigenvalue weighted by Crippen LogP contribution is 2.03. The fourth-order valence-corrected chi connectivity index (χ4v) is 0.733. The summed E-state index contributed by atoms with van der Waals surface area (Å²) in [5.41, 5.74) is 0. The number of hydrogen-bond acceptors (Lipinski definition) is 3. The molecule has 1 aromatic heterocycles. The summed E-state index contributed by atoms with van der Waals surface area (Å²) in [6, 6.07) is 1.79. The van der Waals surface area contributed by atoms with Gasteiger partial charge in [-0.3, -0.25) is 0 Å². The van der Waals surface area contributed by atoms with Crippen molar-refractivity contribution in [3.05, 3.63) is 11.9 Å². The first-order valence-corrected chi connectivity index (χ1v) is 3.03. The normalized spacial score (nSPS) is 9.62. The van der Waals surface area contributed by atoms with Crippen LogP contribution in [0.1, 0.15) is 0 Å². The van der Waals surface area contributed by atoms with Crippen LogP contribution >= 0.6 is 8.35 Å². The number of nitrogens with zero attached hydrogens (tertiary/aromatic N) is 2. The average Bonchev–Trinajstić information content (AvgIpc) is 1.90. The number of rotatable bonds is 1. The smallest absolute Gasteiger partial charge is 0.233 e. The van der Waals surface area contributed by atoms with E-state index in [-0.39, 0.29) is 0 Å². The Morgan fingerprint density at radius 3 is 3.00 bits per heavy atom. The van der Waals surface area contributed by atoms with Crippen molar-refractivity contribution < 1.29 is 4.74 Å². The molecule has 1 rings (SSSR count). The lowest BCUT2D eigenvalue weighted by Crippen LogP contribution is -1.84. The molecular formula is C4H5N2OP. The van der Waals surface area contributed by atoms with Crippen molar-refractivity contribution in [3.8, 4) is 5.88 Å². The van der Waals surface area contributed by atoms with E-state index >= 15 is 0 Å². The summed E-state index contributed by atoms with van der Waals surface area (Å²) in [4.78, 5) is 3.68. The molecule has 0 aliphatic heterocycles. The van der Waals surface area contributed by atoms with Gasteiger partial charge in [0.15, 0.2) is 0 Å². The van der Waals surface area contributed by atoms with Crippen molar-refractivity contribution >= 4 is 8.35 Å². The number of hydrogen-bond donors (Lipinski definition) is 0. The third kappa shape index (κ3) is 1.14. The molecule has 0 saturated carbocycles. The van der Waals surface area contributed by atoms with Gasteiger partial charge in [-0.25, -0.2) is 0 Å². The van der Waals surface area contributed by atoms with E-state index in [0.717, 1.165) is 8.35 Å². The predicted octanol–water partition coefficient (Wildman–Crippen LogP) is 1.07. The number of aromatic nitrogens is 2. The second-order valence-electron chi connectivity index (χ2n) is 1.16. The molecule has 0 N–H and O–H groups in total. The van der Waals surface area contributed by atoms with E-state index in [4.69, 9.17) is 4.74 Å². The molecule has 0 atom stereocenters. The molecule has 3 nitrogen and oxygen atoms in total. The fraction of sp³-hybridized carbons (Fsp3) is 0.250. The van der Waals surface area contributed by atoms with Gasteiger partial charge in [0.25, 0.3) is 0 Å². The van der Waals surface area contributed by atoms with Crippen LogP contribution in [0.25, 0.3) is 0 Å². The highest BCUT2D eigenvalue weighted by Gasteiger charge is 1.84. The Morgan fingerprint density at radius 1 is 1.75 bits per heavy atom. The van der Waals surface area contributed by atoms with Crippen LogP contribution < -0.4 is 4.74 Å². The van der Waals surface area contributed by atoms with E-state index in [9.17, 15) is 0 Å². The molecular weight excluding hydrogens is 123 g/mol. The second kappa shape index (κ2) is 2.58. The molecule has 0 aliphatic rings. The average molecular weight is 128 g/mol. The summed E-state index contributed by atoms with van der Waals surface area (Å²) in [6.07, 6.45) is 0. The summed E-state index contributed by atoms with van der Waals surface area (Å²) in [5, 5.41) is 3.67. The zero-order chi connectivity index (χ0) is 5.82. The lowest BCUT2D eigenvalue weighted by atomic mass is 10.7. The Hall–Kier alpha value is -0.690. The first-order chi connectivity index (χ1) is 3.93. The maximum atomic E-state index is 4.76. The van der Waals surface area contributed by atoms with Gasteiger partial charge in [-0.1, -0.05) is 0 Å². The maximum absolute atomic E-state index is 4.76. The SMILES string of the molecule is COc1ccpnn1. The molecule has 8 heavy (non-hydrogen) atoms. The van der Waals surface area contributed by atoms with Crippen molar-refractivity contribution in [2.75, 3.05) is 7.11 Å². The molecule has 0 spiro atoms. The highest BCUT2D eigenvalue weighted by molar-refractivity contribution is 7.24. The molecule has 0 amide bonds. The monoisotopic (exact) mass is 128 g/mol. The summed E-state index contributed by atoms with van der Waals surface area (Å²) >= 11 is 0. The van der Waals surface area contributed by atoms with Gasteiger partial charge in [0.2, 0.25) is 5.88 Å². The molecule has 0 radical (unpaired) electrons. The number of ether oxygens (including phenoxy) is 1. The van der Waals surface area contributed by atoms with E-state index in [0.29, 0.717) is 5.88 Å². The molecule has 0 bridgehead atoms. The van der Waals surface area contributed by atoms with E-state index in [1.54, 1.807) is 13.2 Å². The van der Waals surface area contributed by atoms with Crippen LogP contribution in [0.4, 0.5) is 0 Å². The molecule has 1 aromatic rings. The van der Waals surface area contributed by atoms with Gasteiger partial charge >= 0.3 is 0 Å². The molecule has 0 saturated heterocycles. The first kappa shape index (κ1) is 5.45. The molecule has 4 heteroatoms. The van der Waals surface area contributed by atoms with Gasteiger partial charge in [0.05, 0.1) is 15.5 Å². The molecule has 42 valence electrons. The third-order valence-electron chi connectivity index (χ3n) is 0.688. The quantitative estimate of drug-likeness (QED) is 0.567. The zero-order valence-electron chi connectivity index (χ0n) is 4.40. The Balaban J connectivity index is 2.83. The minimum Gasteiger partial charge on any atom is -0.480 e. The minimum absolute atomic E-state index is 0.573. The van der Waals surface area contributed by atoms with Crippen LogP contribution in [0.3, 0.4) is 0 Å². The van der Waals surface area contributed by atoms with Gasteiger partial charge in [-0.05, 0) is 5.80 Å². The summed E-state index contributed by atoms with van der Waals surface area (Å²) in [6.45, 7) is 0. The standard InChI is InChI=1S/C4H5N2OP/c1-7-4-2-3-8-6-5-4/h2-3H,1H3. The van der Waals surface area contributed by atoms with E-state index < -0.39 is 0 Å². The molecule has 0 fully saturated rings. The minimum atomic E-state index is 0.573. The summed E-state index contributed by atoms with van der Waals surface area (Å²) < 4.78 is 4.76. The largest absolute Gasteiger partial charge is 0.480 e. The van der Waals surface area contributed by atoms with Crippen molar-refractivity contribution in [2.45, 2.75) is 0 Å². The Morgan fingerprint density at radius 2 is 2.62 bits per heavy atom. The maximum Gasteiger partial charge on any atom is 0.233 e. The van der Waals surface area contributed by atoms with Crippen LogP contribution in [0.5, 0.6) is 5.88 Å². The number of methoxy groups -OCH3 is 1. The van der Waals surface area contributed by atoms with Crippen molar-refractivity contribution in [1.82, 2.24) is 9.96 Å².